The van der Waals surface area contributed by atoms with E-state index in [2.05, 4.69) is 10.3 Å². The number of carboxylic acid groups (broad SMARTS) is 1. The van der Waals surface area contributed by atoms with Gasteiger partial charge in [0.05, 0.1) is 5.56 Å². The lowest BCUT2D eigenvalue weighted by molar-refractivity contribution is -0.117. The second-order valence-corrected chi connectivity index (χ2v) is 3.50. The van der Waals surface area contributed by atoms with Gasteiger partial charge in [0, 0.05) is 12.1 Å². The van der Waals surface area contributed by atoms with Crippen LogP contribution in [0, 0.1) is 5.92 Å². The second-order valence-electron chi connectivity index (χ2n) is 3.50. The van der Waals surface area contributed by atoms with Gasteiger partial charge in [0.25, 0.3) is 0 Å². The van der Waals surface area contributed by atoms with E-state index in [9.17, 15) is 9.59 Å². The van der Waals surface area contributed by atoms with Crippen LogP contribution in [0.15, 0.2) is 18.3 Å². The first-order valence-electron chi connectivity index (χ1n) is 4.67. The minimum atomic E-state index is -1.03. The molecule has 0 bridgehead atoms. The molecule has 0 radical (unpaired) electrons. The van der Waals surface area contributed by atoms with Crippen molar-refractivity contribution in [3.8, 4) is 0 Å². The molecule has 5 nitrogen and oxygen atoms in total. The fourth-order valence-corrected chi connectivity index (χ4v) is 1.21. The molecule has 5 heteroatoms. The van der Waals surface area contributed by atoms with Crippen LogP contribution < -0.4 is 5.32 Å². The van der Waals surface area contributed by atoms with Crippen LogP contribution >= 0.6 is 0 Å². The summed E-state index contributed by atoms with van der Waals surface area (Å²) in [4.78, 5) is 25.9. The van der Waals surface area contributed by atoms with Crippen LogP contribution in [0.5, 0.6) is 0 Å². The Balaban J connectivity index is 2.10. The van der Waals surface area contributed by atoms with Gasteiger partial charge in [-0.25, -0.2) is 9.78 Å². The van der Waals surface area contributed by atoms with E-state index in [-0.39, 0.29) is 17.4 Å². The van der Waals surface area contributed by atoms with Crippen molar-refractivity contribution in [3.05, 3.63) is 23.9 Å². The fourth-order valence-electron chi connectivity index (χ4n) is 1.21. The number of aromatic carboxylic acids is 1. The Labute approximate surface area is 86.1 Å². The lowest BCUT2D eigenvalue weighted by Gasteiger charge is -2.03. The standard InChI is InChI=1S/C10H10N2O3/c13-9(6-1-2-6)12-8-5-7(10(14)15)3-4-11-8/h3-6H,1-2H2,(H,14,15)(H,11,12,13). The Bertz CT molecular complexity index is 413. The molecule has 0 spiro atoms. The number of rotatable bonds is 3. The molecule has 1 heterocycles. The second kappa shape index (κ2) is 3.68. The number of nitrogens with one attached hydrogen (secondary N) is 1. The molecule has 1 fully saturated rings. The SMILES string of the molecule is O=C(O)c1ccnc(NC(=O)C2CC2)c1. The summed E-state index contributed by atoms with van der Waals surface area (Å²) in [5, 5.41) is 11.3. The summed E-state index contributed by atoms with van der Waals surface area (Å²) in [7, 11) is 0. The zero-order chi connectivity index (χ0) is 10.8. The first-order chi connectivity index (χ1) is 7.16. The Morgan fingerprint density at radius 2 is 2.20 bits per heavy atom. The molecule has 1 saturated carbocycles. The smallest absolute Gasteiger partial charge is 0.335 e. The van der Waals surface area contributed by atoms with Gasteiger partial charge in [0.15, 0.2) is 0 Å². The molecule has 1 amide bonds. The number of anilines is 1. The Hall–Kier alpha value is -1.91. The summed E-state index contributed by atoms with van der Waals surface area (Å²) < 4.78 is 0. The van der Waals surface area contributed by atoms with Gasteiger partial charge in [0.2, 0.25) is 5.91 Å². The van der Waals surface area contributed by atoms with Gasteiger partial charge in [0.1, 0.15) is 5.82 Å². The van der Waals surface area contributed by atoms with Crippen LogP contribution in [0.3, 0.4) is 0 Å². The summed E-state index contributed by atoms with van der Waals surface area (Å²) in [5.41, 5.74) is 0.121. The summed E-state index contributed by atoms with van der Waals surface area (Å²) in [6.07, 6.45) is 3.18. The molecule has 1 aliphatic carbocycles. The minimum absolute atomic E-state index is 0.0787. The highest BCUT2D eigenvalue weighted by molar-refractivity contribution is 5.95. The van der Waals surface area contributed by atoms with Crippen molar-refractivity contribution >= 4 is 17.7 Å². The molecule has 0 unspecified atom stereocenters. The van der Waals surface area contributed by atoms with Gasteiger partial charge in [-0.2, -0.15) is 0 Å². The van der Waals surface area contributed by atoms with Gasteiger partial charge in [-0.05, 0) is 25.0 Å². The molecule has 2 rings (SSSR count). The minimum Gasteiger partial charge on any atom is -0.478 e. The summed E-state index contributed by atoms with van der Waals surface area (Å²) in [6.45, 7) is 0. The molecule has 1 aromatic rings. The van der Waals surface area contributed by atoms with Crippen LogP contribution in [-0.2, 0) is 4.79 Å². The Morgan fingerprint density at radius 3 is 2.80 bits per heavy atom. The van der Waals surface area contributed by atoms with Crippen molar-refractivity contribution in [2.45, 2.75) is 12.8 Å². The average Bonchev–Trinajstić information content (AvgIpc) is 3.01. The Morgan fingerprint density at radius 1 is 1.47 bits per heavy atom. The quantitative estimate of drug-likeness (QED) is 0.776. The van der Waals surface area contributed by atoms with Gasteiger partial charge >= 0.3 is 5.97 Å². The molecular weight excluding hydrogens is 196 g/mol. The van der Waals surface area contributed by atoms with Crippen molar-refractivity contribution in [1.29, 1.82) is 0 Å². The van der Waals surface area contributed by atoms with Gasteiger partial charge in [-0.1, -0.05) is 0 Å². The van der Waals surface area contributed by atoms with E-state index < -0.39 is 5.97 Å². The first kappa shape index (κ1) is 9.64. The number of hydrogen-bond acceptors (Lipinski definition) is 3. The maximum Gasteiger partial charge on any atom is 0.335 e. The summed E-state index contributed by atoms with van der Waals surface area (Å²) >= 11 is 0. The number of carbonyl (C=O) groups is 2. The van der Waals surface area contributed by atoms with E-state index in [1.165, 1.54) is 18.3 Å². The van der Waals surface area contributed by atoms with Gasteiger partial charge in [-0.15, -0.1) is 0 Å². The highest BCUT2D eigenvalue weighted by Crippen LogP contribution is 2.29. The number of carbonyl (C=O) groups excluding carboxylic acids is 1. The number of nitrogens with zero attached hydrogens (tertiary/aromatic N) is 1. The average molecular weight is 206 g/mol. The maximum atomic E-state index is 11.4. The van der Waals surface area contributed by atoms with Crippen LogP contribution in [0.2, 0.25) is 0 Å². The van der Waals surface area contributed by atoms with Crippen molar-refractivity contribution in [2.24, 2.45) is 5.92 Å². The normalized spacial score (nSPS) is 14.7. The van der Waals surface area contributed by atoms with E-state index in [0.29, 0.717) is 5.82 Å². The number of carboxylic acids is 1. The number of hydrogen-bond donors (Lipinski definition) is 2. The zero-order valence-electron chi connectivity index (χ0n) is 7.93. The van der Waals surface area contributed by atoms with Crippen molar-refractivity contribution in [2.75, 3.05) is 5.32 Å². The predicted molar refractivity (Wildman–Crippen MR) is 52.6 cm³/mol. The van der Waals surface area contributed by atoms with E-state index in [0.717, 1.165) is 12.8 Å². The third kappa shape index (κ3) is 2.31. The topological polar surface area (TPSA) is 79.3 Å². The largest absolute Gasteiger partial charge is 0.478 e. The van der Waals surface area contributed by atoms with Gasteiger partial charge < -0.3 is 10.4 Å². The lowest BCUT2D eigenvalue weighted by atomic mass is 10.2. The first-order valence-corrected chi connectivity index (χ1v) is 4.67. The van der Waals surface area contributed by atoms with Crippen molar-refractivity contribution in [1.82, 2.24) is 4.98 Å². The molecule has 0 atom stereocenters. The van der Waals surface area contributed by atoms with E-state index in [4.69, 9.17) is 5.11 Å². The monoisotopic (exact) mass is 206 g/mol. The molecule has 0 saturated heterocycles. The van der Waals surface area contributed by atoms with E-state index >= 15 is 0 Å². The van der Waals surface area contributed by atoms with Crippen molar-refractivity contribution < 1.29 is 14.7 Å². The van der Waals surface area contributed by atoms with Crippen LogP contribution in [-0.4, -0.2) is 22.0 Å². The summed E-state index contributed by atoms with van der Waals surface area (Å²) in [5.74, 6) is -0.726. The van der Waals surface area contributed by atoms with Crippen LogP contribution in [0.4, 0.5) is 5.82 Å². The van der Waals surface area contributed by atoms with Crippen LogP contribution in [0.25, 0.3) is 0 Å². The number of pyridine rings is 1. The zero-order valence-corrected chi connectivity index (χ0v) is 7.93. The third-order valence-corrected chi connectivity index (χ3v) is 2.21. The molecular formula is C10H10N2O3. The predicted octanol–water partition coefficient (Wildman–Crippen LogP) is 1.13. The molecule has 2 N–H and O–H groups in total. The molecule has 1 aromatic heterocycles. The third-order valence-electron chi connectivity index (χ3n) is 2.21. The van der Waals surface area contributed by atoms with Crippen LogP contribution in [0.1, 0.15) is 23.2 Å². The van der Waals surface area contributed by atoms with E-state index in [1.54, 1.807) is 0 Å². The molecule has 15 heavy (non-hydrogen) atoms. The van der Waals surface area contributed by atoms with Crippen molar-refractivity contribution in [3.63, 3.8) is 0 Å². The highest BCUT2D eigenvalue weighted by Gasteiger charge is 2.29. The highest BCUT2D eigenvalue weighted by atomic mass is 16.4. The van der Waals surface area contributed by atoms with E-state index in [1.807, 2.05) is 0 Å². The fraction of sp³-hybridized carbons (Fsp3) is 0.300. The maximum absolute atomic E-state index is 11.4. The number of aromatic nitrogens is 1. The molecule has 78 valence electrons. The molecule has 0 aliphatic heterocycles. The molecule has 0 aromatic carbocycles. The molecule has 1 aliphatic rings. The summed E-state index contributed by atoms with van der Waals surface area (Å²) in [6, 6.07) is 2.73. The number of amides is 1. The Kier molecular flexibility index (Phi) is 2.37. The lowest BCUT2D eigenvalue weighted by Crippen LogP contribution is -2.14. The van der Waals surface area contributed by atoms with Gasteiger partial charge in [-0.3, -0.25) is 4.79 Å².